The van der Waals surface area contributed by atoms with Crippen molar-refractivity contribution in [2.24, 2.45) is 35.0 Å². The van der Waals surface area contributed by atoms with Crippen LogP contribution in [0.4, 0.5) is 0 Å². The molecule has 1 nitrogen and oxygen atoms in total. The van der Waals surface area contributed by atoms with Crippen molar-refractivity contribution >= 4 is 8.32 Å². The Morgan fingerprint density at radius 3 is 2.56 bits per heavy atom. The fourth-order valence-electron chi connectivity index (χ4n) is 8.66. The smallest absolute Gasteiger partial charge is 0.184 e. The van der Waals surface area contributed by atoms with E-state index < -0.39 is 8.32 Å². The van der Waals surface area contributed by atoms with Gasteiger partial charge in [0.15, 0.2) is 8.32 Å². The van der Waals surface area contributed by atoms with Crippen LogP contribution in [0.3, 0.4) is 0 Å². The van der Waals surface area contributed by atoms with Gasteiger partial charge in [-0.15, -0.1) is 0 Å². The number of hydrogen-bond donors (Lipinski definition) is 0. The van der Waals surface area contributed by atoms with Gasteiger partial charge in [-0.25, -0.2) is 0 Å². The number of allylic oxidation sites excluding steroid dienone is 4. The fraction of sp³-hybridized carbons (Fsp3) is 0.867. The Kier molecular flexibility index (Phi) is 7.53. The van der Waals surface area contributed by atoms with Crippen LogP contribution in [0.25, 0.3) is 0 Å². The van der Waals surface area contributed by atoms with E-state index in [2.05, 4.69) is 53.4 Å². The summed E-state index contributed by atoms with van der Waals surface area (Å²) in [6.07, 6.45) is 19.9. The minimum absolute atomic E-state index is 0.557. The van der Waals surface area contributed by atoms with Crippen molar-refractivity contribution in [2.75, 3.05) is 0 Å². The second kappa shape index (κ2) is 9.72. The van der Waals surface area contributed by atoms with Gasteiger partial charge in [-0.2, -0.15) is 0 Å². The molecule has 4 aliphatic carbocycles. The summed E-state index contributed by atoms with van der Waals surface area (Å²) in [7, 11) is -1.42. The van der Waals surface area contributed by atoms with Crippen molar-refractivity contribution in [3.8, 4) is 0 Å². The molecule has 0 heterocycles. The average Bonchev–Trinajstić information content (AvgIpc) is 3.06. The Balaban J connectivity index is 1.41. The molecule has 0 aliphatic heterocycles. The second-order valence-corrected chi connectivity index (χ2v) is 18.0. The summed E-state index contributed by atoms with van der Waals surface area (Å²) in [6.45, 7) is 16.8. The van der Waals surface area contributed by atoms with E-state index >= 15 is 0 Å². The van der Waals surface area contributed by atoms with Gasteiger partial charge >= 0.3 is 0 Å². The first-order valence-corrected chi connectivity index (χ1v) is 17.5. The molecule has 0 aromatic rings. The molecular formula is C30H52OSi. The molecule has 0 N–H and O–H groups in total. The van der Waals surface area contributed by atoms with Crippen LogP contribution in [-0.4, -0.2) is 14.4 Å². The second-order valence-electron chi connectivity index (χ2n) is 13.6. The van der Waals surface area contributed by atoms with E-state index in [0.29, 0.717) is 11.5 Å². The van der Waals surface area contributed by atoms with Crippen LogP contribution >= 0.6 is 0 Å². The van der Waals surface area contributed by atoms with Gasteiger partial charge in [0.25, 0.3) is 0 Å². The van der Waals surface area contributed by atoms with Gasteiger partial charge in [-0.3, -0.25) is 0 Å². The maximum absolute atomic E-state index is 6.56. The van der Waals surface area contributed by atoms with E-state index in [1.807, 2.05) is 11.1 Å². The fourth-order valence-corrected chi connectivity index (χ4v) is 9.87. The SMILES string of the molecule is CC(C)=CCCCC(C)C1CCC2C3=C(CCC21C)C1CC[C@H](O[Si](C)(C)C)CC1CC3. The highest BCUT2D eigenvalue weighted by Crippen LogP contribution is 2.63. The van der Waals surface area contributed by atoms with E-state index in [-0.39, 0.29) is 0 Å². The maximum Gasteiger partial charge on any atom is 0.184 e. The number of unbranched alkanes of at least 4 members (excludes halogenated alkanes) is 1. The van der Waals surface area contributed by atoms with Gasteiger partial charge in [0.1, 0.15) is 0 Å². The summed E-state index contributed by atoms with van der Waals surface area (Å²) in [5.41, 5.74) is 6.00. The normalized spacial score (nSPS) is 38.0. The Morgan fingerprint density at radius 2 is 1.84 bits per heavy atom. The van der Waals surface area contributed by atoms with Crippen LogP contribution in [0.2, 0.25) is 19.6 Å². The summed E-state index contributed by atoms with van der Waals surface area (Å²) in [5, 5.41) is 0. The molecule has 32 heavy (non-hydrogen) atoms. The molecule has 0 bridgehead atoms. The van der Waals surface area contributed by atoms with Crippen LogP contribution in [0.1, 0.15) is 105 Å². The topological polar surface area (TPSA) is 9.23 Å². The minimum atomic E-state index is -1.42. The zero-order chi connectivity index (χ0) is 23.1. The molecule has 7 atom stereocenters. The van der Waals surface area contributed by atoms with Gasteiger partial charge in [-0.1, -0.05) is 43.1 Å². The van der Waals surface area contributed by atoms with Crippen LogP contribution < -0.4 is 0 Å². The Labute approximate surface area is 201 Å². The molecule has 0 aromatic carbocycles. The lowest BCUT2D eigenvalue weighted by atomic mass is 9.55. The maximum atomic E-state index is 6.56. The molecule has 2 saturated carbocycles. The van der Waals surface area contributed by atoms with Crippen molar-refractivity contribution < 1.29 is 4.43 Å². The van der Waals surface area contributed by atoms with Gasteiger partial charge in [-0.05, 0) is 139 Å². The molecule has 0 amide bonds. The molecule has 4 rings (SSSR count). The summed E-state index contributed by atoms with van der Waals surface area (Å²) < 4.78 is 6.56. The quantitative estimate of drug-likeness (QED) is 0.211. The third kappa shape index (κ3) is 5.17. The summed E-state index contributed by atoms with van der Waals surface area (Å²) in [4.78, 5) is 0. The lowest BCUT2D eigenvalue weighted by Crippen LogP contribution is -2.42. The highest BCUT2D eigenvalue weighted by molar-refractivity contribution is 6.69. The Hall–Kier alpha value is -0.343. The third-order valence-electron chi connectivity index (χ3n) is 9.97. The zero-order valence-electron chi connectivity index (χ0n) is 22.4. The largest absolute Gasteiger partial charge is 0.415 e. The first-order chi connectivity index (χ1) is 15.1. The van der Waals surface area contributed by atoms with Crippen molar-refractivity contribution in [3.05, 3.63) is 22.8 Å². The molecule has 2 heteroatoms. The molecule has 2 fully saturated rings. The number of fused-ring (bicyclic) bond motifs is 4. The standard InChI is InChI=1S/C30H52OSi/c1-21(2)10-8-9-11-22(3)28-16-17-29-27-14-12-23-20-24(31-32(5,6)7)13-15-25(23)26(27)18-19-30(28,29)4/h10,22-25,28-29H,8-9,11-20H2,1-7H3/t22?,23?,24-,25?,28?,29?,30?/m0/s1. The van der Waals surface area contributed by atoms with Crippen molar-refractivity contribution in [1.29, 1.82) is 0 Å². The molecule has 0 saturated heterocycles. The first-order valence-electron chi connectivity index (χ1n) is 14.1. The van der Waals surface area contributed by atoms with Crippen LogP contribution in [-0.2, 0) is 4.43 Å². The van der Waals surface area contributed by atoms with Gasteiger partial charge < -0.3 is 4.43 Å². The van der Waals surface area contributed by atoms with Crippen molar-refractivity contribution in [3.63, 3.8) is 0 Å². The predicted molar refractivity (Wildman–Crippen MR) is 141 cm³/mol. The van der Waals surface area contributed by atoms with Crippen LogP contribution in [0.15, 0.2) is 22.8 Å². The number of rotatable bonds is 7. The van der Waals surface area contributed by atoms with E-state index in [1.165, 1.54) is 82.6 Å². The monoisotopic (exact) mass is 456 g/mol. The molecule has 0 spiro atoms. The van der Waals surface area contributed by atoms with E-state index in [4.69, 9.17) is 4.43 Å². The van der Waals surface area contributed by atoms with E-state index in [0.717, 1.165) is 29.6 Å². The van der Waals surface area contributed by atoms with Crippen molar-refractivity contribution in [1.82, 2.24) is 0 Å². The Bertz CT molecular complexity index is 724. The third-order valence-corrected chi connectivity index (χ3v) is 11.0. The molecule has 0 aromatic heterocycles. The van der Waals surface area contributed by atoms with Gasteiger partial charge in [0, 0.05) is 6.10 Å². The highest BCUT2D eigenvalue weighted by Gasteiger charge is 2.53. The van der Waals surface area contributed by atoms with Crippen molar-refractivity contribution in [2.45, 2.75) is 130 Å². The van der Waals surface area contributed by atoms with E-state index in [9.17, 15) is 0 Å². The van der Waals surface area contributed by atoms with Gasteiger partial charge in [0.05, 0.1) is 0 Å². The molecule has 0 radical (unpaired) electrons. The molecule has 182 valence electrons. The lowest BCUT2D eigenvalue weighted by Gasteiger charge is -2.51. The van der Waals surface area contributed by atoms with Crippen LogP contribution in [0.5, 0.6) is 0 Å². The summed E-state index contributed by atoms with van der Waals surface area (Å²) in [6, 6.07) is 0. The molecular weight excluding hydrogens is 404 g/mol. The van der Waals surface area contributed by atoms with Crippen LogP contribution in [0, 0.1) is 35.0 Å². The minimum Gasteiger partial charge on any atom is -0.415 e. The molecule has 4 aliphatic rings. The lowest BCUT2D eigenvalue weighted by molar-refractivity contribution is 0.0622. The Morgan fingerprint density at radius 1 is 1.06 bits per heavy atom. The predicted octanol–water partition coefficient (Wildman–Crippen LogP) is 9.31. The zero-order valence-corrected chi connectivity index (χ0v) is 23.4. The first kappa shape index (κ1) is 24.8. The summed E-state index contributed by atoms with van der Waals surface area (Å²) in [5.74, 6) is 4.58. The summed E-state index contributed by atoms with van der Waals surface area (Å²) >= 11 is 0. The molecule has 6 unspecified atom stereocenters. The number of hydrogen-bond acceptors (Lipinski definition) is 1. The highest BCUT2D eigenvalue weighted by atomic mass is 28.4. The average molecular weight is 457 g/mol. The van der Waals surface area contributed by atoms with Gasteiger partial charge in [0.2, 0.25) is 0 Å². The van der Waals surface area contributed by atoms with E-state index in [1.54, 1.807) is 0 Å².